The standard InChI is InChI=1S/C12H14ClN5O2/c1-4-20-12(19)10-6-18(17-16-10)8(3)9-5-14-11(13)7(2)15-9/h5-6,8H,4H2,1-3H3. The van der Waals surface area contributed by atoms with Crippen LogP contribution in [0.5, 0.6) is 0 Å². The number of halogens is 1. The third-order valence-corrected chi connectivity index (χ3v) is 3.10. The second-order valence-electron chi connectivity index (χ2n) is 4.15. The summed E-state index contributed by atoms with van der Waals surface area (Å²) in [5.41, 5.74) is 1.49. The highest BCUT2D eigenvalue weighted by atomic mass is 35.5. The third-order valence-electron chi connectivity index (χ3n) is 2.73. The first-order valence-corrected chi connectivity index (χ1v) is 6.48. The molecule has 0 radical (unpaired) electrons. The van der Waals surface area contributed by atoms with Gasteiger partial charge in [0.25, 0.3) is 0 Å². The average Bonchev–Trinajstić information content (AvgIpc) is 2.91. The number of hydrogen-bond acceptors (Lipinski definition) is 6. The van der Waals surface area contributed by atoms with Gasteiger partial charge in [0.15, 0.2) is 5.69 Å². The van der Waals surface area contributed by atoms with E-state index in [9.17, 15) is 4.79 Å². The molecule has 1 unspecified atom stereocenters. The first kappa shape index (κ1) is 14.4. The van der Waals surface area contributed by atoms with Crippen molar-refractivity contribution in [3.05, 3.63) is 34.6 Å². The Morgan fingerprint density at radius 1 is 1.55 bits per heavy atom. The molecule has 20 heavy (non-hydrogen) atoms. The maximum absolute atomic E-state index is 11.5. The quantitative estimate of drug-likeness (QED) is 0.800. The van der Waals surface area contributed by atoms with Crippen LogP contribution in [0, 0.1) is 6.92 Å². The molecule has 2 aromatic heterocycles. The summed E-state index contributed by atoms with van der Waals surface area (Å²) in [6, 6.07) is -0.214. The molecule has 0 bridgehead atoms. The molecule has 106 valence electrons. The van der Waals surface area contributed by atoms with Gasteiger partial charge in [-0.1, -0.05) is 16.8 Å². The second-order valence-corrected chi connectivity index (χ2v) is 4.51. The van der Waals surface area contributed by atoms with Crippen molar-refractivity contribution in [2.45, 2.75) is 26.8 Å². The molecule has 0 amide bonds. The summed E-state index contributed by atoms with van der Waals surface area (Å²) in [5.74, 6) is -0.496. The number of esters is 1. The van der Waals surface area contributed by atoms with Crippen LogP contribution in [0.1, 0.15) is 41.8 Å². The molecule has 0 aliphatic rings. The number of hydrogen-bond donors (Lipinski definition) is 0. The van der Waals surface area contributed by atoms with Gasteiger partial charge in [0.05, 0.1) is 36.4 Å². The highest BCUT2D eigenvalue weighted by Crippen LogP contribution is 2.17. The number of aromatic nitrogens is 5. The topological polar surface area (TPSA) is 82.8 Å². The van der Waals surface area contributed by atoms with Crippen LogP contribution in [0.25, 0.3) is 0 Å². The molecule has 7 nitrogen and oxygen atoms in total. The van der Waals surface area contributed by atoms with Crippen molar-refractivity contribution in [3.8, 4) is 0 Å². The molecule has 0 fully saturated rings. The number of nitrogens with zero attached hydrogens (tertiary/aromatic N) is 5. The smallest absolute Gasteiger partial charge is 0.360 e. The lowest BCUT2D eigenvalue weighted by Gasteiger charge is -2.11. The van der Waals surface area contributed by atoms with E-state index in [4.69, 9.17) is 16.3 Å². The van der Waals surface area contributed by atoms with Crippen molar-refractivity contribution in [2.75, 3.05) is 6.61 Å². The largest absolute Gasteiger partial charge is 0.461 e. The van der Waals surface area contributed by atoms with Crippen LogP contribution in [0.15, 0.2) is 12.4 Å². The molecule has 0 aliphatic heterocycles. The van der Waals surface area contributed by atoms with Gasteiger partial charge in [-0.15, -0.1) is 5.10 Å². The molecule has 8 heteroatoms. The summed E-state index contributed by atoms with van der Waals surface area (Å²) in [7, 11) is 0. The average molecular weight is 296 g/mol. The summed E-state index contributed by atoms with van der Waals surface area (Å²) < 4.78 is 6.39. The van der Waals surface area contributed by atoms with E-state index in [1.165, 1.54) is 10.9 Å². The zero-order valence-electron chi connectivity index (χ0n) is 11.4. The predicted molar refractivity (Wildman–Crippen MR) is 71.6 cm³/mol. The Balaban J connectivity index is 2.22. The van der Waals surface area contributed by atoms with Gasteiger partial charge < -0.3 is 4.74 Å². The first-order valence-electron chi connectivity index (χ1n) is 6.11. The molecule has 0 saturated heterocycles. The van der Waals surface area contributed by atoms with Crippen molar-refractivity contribution in [1.82, 2.24) is 25.0 Å². The molecule has 2 aromatic rings. The van der Waals surface area contributed by atoms with Crippen LogP contribution >= 0.6 is 11.6 Å². The van der Waals surface area contributed by atoms with Crippen LogP contribution in [-0.4, -0.2) is 37.5 Å². The van der Waals surface area contributed by atoms with Gasteiger partial charge >= 0.3 is 5.97 Å². The SMILES string of the molecule is CCOC(=O)c1cn(C(C)c2cnc(Cl)c(C)n2)nn1. The summed E-state index contributed by atoms with van der Waals surface area (Å²) in [4.78, 5) is 19.9. The fourth-order valence-electron chi connectivity index (χ4n) is 1.59. The van der Waals surface area contributed by atoms with E-state index in [0.717, 1.165) is 0 Å². The van der Waals surface area contributed by atoms with E-state index < -0.39 is 5.97 Å². The molecule has 0 N–H and O–H groups in total. The van der Waals surface area contributed by atoms with E-state index in [-0.39, 0.29) is 11.7 Å². The normalized spacial score (nSPS) is 12.2. The van der Waals surface area contributed by atoms with Crippen LogP contribution in [0.2, 0.25) is 5.15 Å². The highest BCUT2D eigenvalue weighted by molar-refractivity contribution is 6.29. The summed E-state index contributed by atoms with van der Waals surface area (Å²) in [6.07, 6.45) is 3.10. The molecule has 0 aliphatic carbocycles. The first-order chi connectivity index (χ1) is 9.52. The maximum Gasteiger partial charge on any atom is 0.360 e. The van der Waals surface area contributed by atoms with Gasteiger partial charge in [0, 0.05) is 0 Å². The number of carbonyl (C=O) groups is 1. The third kappa shape index (κ3) is 2.93. The summed E-state index contributed by atoms with van der Waals surface area (Å²) in [6.45, 7) is 5.68. The van der Waals surface area contributed by atoms with Crippen LogP contribution in [-0.2, 0) is 4.74 Å². The van der Waals surface area contributed by atoms with Crippen molar-refractivity contribution in [2.24, 2.45) is 0 Å². The Hall–Kier alpha value is -2.02. The molecule has 0 aromatic carbocycles. The Labute approximate surface area is 120 Å². The Morgan fingerprint density at radius 2 is 2.30 bits per heavy atom. The Morgan fingerprint density at radius 3 is 2.95 bits per heavy atom. The van der Waals surface area contributed by atoms with Gasteiger partial charge in [-0.25, -0.2) is 14.5 Å². The van der Waals surface area contributed by atoms with Gasteiger partial charge in [0.1, 0.15) is 5.15 Å². The number of carbonyl (C=O) groups excluding carboxylic acids is 1. The van der Waals surface area contributed by atoms with Crippen LogP contribution in [0.4, 0.5) is 0 Å². The van der Waals surface area contributed by atoms with Gasteiger partial charge in [-0.2, -0.15) is 0 Å². The fraction of sp³-hybridized carbons (Fsp3) is 0.417. The van der Waals surface area contributed by atoms with Crippen LogP contribution < -0.4 is 0 Å². The van der Waals surface area contributed by atoms with E-state index >= 15 is 0 Å². The minimum atomic E-state index is -0.496. The lowest BCUT2D eigenvalue weighted by atomic mass is 10.2. The van der Waals surface area contributed by atoms with Gasteiger partial charge in [-0.3, -0.25) is 4.98 Å². The van der Waals surface area contributed by atoms with Crippen molar-refractivity contribution < 1.29 is 9.53 Å². The van der Waals surface area contributed by atoms with Crippen molar-refractivity contribution in [1.29, 1.82) is 0 Å². The zero-order chi connectivity index (χ0) is 14.7. The molecule has 2 rings (SSSR count). The number of rotatable bonds is 4. The summed E-state index contributed by atoms with van der Waals surface area (Å²) in [5, 5.41) is 8.07. The Kier molecular flexibility index (Phi) is 4.29. The lowest BCUT2D eigenvalue weighted by molar-refractivity contribution is 0.0519. The van der Waals surface area contributed by atoms with Crippen molar-refractivity contribution >= 4 is 17.6 Å². The number of aryl methyl sites for hydroxylation is 1. The van der Waals surface area contributed by atoms with Crippen molar-refractivity contribution in [3.63, 3.8) is 0 Å². The second kappa shape index (κ2) is 5.96. The van der Waals surface area contributed by atoms with Gasteiger partial charge in [-0.05, 0) is 20.8 Å². The van der Waals surface area contributed by atoms with E-state index in [0.29, 0.717) is 23.1 Å². The maximum atomic E-state index is 11.5. The van der Waals surface area contributed by atoms with E-state index in [1.807, 2.05) is 6.92 Å². The Bertz CT molecular complexity index is 628. The minimum Gasteiger partial charge on any atom is -0.461 e. The summed E-state index contributed by atoms with van der Waals surface area (Å²) >= 11 is 5.84. The molecule has 0 spiro atoms. The molecular weight excluding hydrogens is 282 g/mol. The molecule has 0 saturated carbocycles. The minimum absolute atomic E-state index is 0.164. The molecular formula is C12H14ClN5O2. The molecule has 1 atom stereocenters. The highest BCUT2D eigenvalue weighted by Gasteiger charge is 2.17. The fourth-order valence-corrected chi connectivity index (χ4v) is 1.68. The monoisotopic (exact) mass is 295 g/mol. The molecule has 2 heterocycles. The number of ether oxygens (including phenoxy) is 1. The zero-order valence-corrected chi connectivity index (χ0v) is 12.1. The van der Waals surface area contributed by atoms with Gasteiger partial charge in [0.2, 0.25) is 0 Å². The predicted octanol–water partition coefficient (Wildman–Crippen LogP) is 1.82. The van der Waals surface area contributed by atoms with Crippen LogP contribution in [0.3, 0.4) is 0 Å². The van der Waals surface area contributed by atoms with E-state index in [1.54, 1.807) is 20.0 Å². The van der Waals surface area contributed by atoms with E-state index in [2.05, 4.69) is 20.3 Å². The lowest BCUT2D eigenvalue weighted by Crippen LogP contribution is -2.11.